The van der Waals surface area contributed by atoms with Crippen LogP contribution in [0.15, 0.2) is 18.2 Å². The number of hydrogen-bond donors (Lipinski definition) is 1. The Kier molecular flexibility index (Phi) is 7.09. The lowest BCUT2D eigenvalue weighted by Crippen LogP contribution is -2.08. The van der Waals surface area contributed by atoms with E-state index in [0.717, 1.165) is 30.8 Å². The largest absolute Gasteiger partial charge is 0.491 e. The van der Waals surface area contributed by atoms with Gasteiger partial charge in [-0.1, -0.05) is 31.0 Å². The number of ether oxygens (including phenoxy) is 2. The van der Waals surface area contributed by atoms with Crippen molar-refractivity contribution < 1.29 is 9.47 Å². The van der Waals surface area contributed by atoms with E-state index >= 15 is 0 Å². The summed E-state index contributed by atoms with van der Waals surface area (Å²) in [6.45, 7) is 5.99. The van der Waals surface area contributed by atoms with E-state index in [1.807, 2.05) is 19.1 Å². The minimum atomic E-state index is -0.0658. The molecule has 0 spiro atoms. The first-order chi connectivity index (χ1) is 8.65. The molecule has 1 rings (SSSR count). The molecule has 0 aromatic heterocycles. The van der Waals surface area contributed by atoms with Crippen LogP contribution in [0.2, 0.25) is 5.02 Å². The highest BCUT2D eigenvalue weighted by Gasteiger charge is 2.06. The molecule has 3 nitrogen and oxygen atoms in total. The minimum Gasteiger partial charge on any atom is -0.491 e. The Morgan fingerprint density at radius 3 is 2.67 bits per heavy atom. The predicted octanol–water partition coefficient (Wildman–Crippen LogP) is 3.56. The van der Waals surface area contributed by atoms with Crippen LogP contribution in [0.3, 0.4) is 0 Å². The molecule has 18 heavy (non-hydrogen) atoms. The van der Waals surface area contributed by atoms with Crippen LogP contribution in [-0.2, 0) is 4.74 Å². The summed E-state index contributed by atoms with van der Waals surface area (Å²) in [5, 5.41) is 0.648. The summed E-state index contributed by atoms with van der Waals surface area (Å²) in [4.78, 5) is 0. The number of benzene rings is 1. The Morgan fingerprint density at radius 1 is 1.28 bits per heavy atom. The quantitative estimate of drug-likeness (QED) is 0.736. The third kappa shape index (κ3) is 5.25. The van der Waals surface area contributed by atoms with Crippen LogP contribution in [-0.4, -0.2) is 19.8 Å². The molecule has 1 atom stereocenters. The summed E-state index contributed by atoms with van der Waals surface area (Å²) >= 11 is 6.11. The van der Waals surface area contributed by atoms with Crippen LogP contribution in [0.4, 0.5) is 0 Å². The number of nitrogens with two attached hydrogens (primary N) is 1. The van der Waals surface area contributed by atoms with Crippen LogP contribution in [0.5, 0.6) is 5.75 Å². The van der Waals surface area contributed by atoms with Crippen molar-refractivity contribution in [2.24, 2.45) is 5.73 Å². The van der Waals surface area contributed by atoms with Crippen molar-refractivity contribution >= 4 is 11.6 Å². The van der Waals surface area contributed by atoms with E-state index in [9.17, 15) is 0 Å². The Balaban J connectivity index is 2.33. The van der Waals surface area contributed by atoms with E-state index < -0.39 is 0 Å². The summed E-state index contributed by atoms with van der Waals surface area (Å²) in [6, 6.07) is 5.52. The zero-order chi connectivity index (χ0) is 13.4. The molecule has 0 saturated carbocycles. The van der Waals surface area contributed by atoms with Crippen molar-refractivity contribution in [1.29, 1.82) is 0 Å². The van der Waals surface area contributed by atoms with Crippen LogP contribution in [0.25, 0.3) is 0 Å². The van der Waals surface area contributed by atoms with Gasteiger partial charge < -0.3 is 15.2 Å². The van der Waals surface area contributed by atoms with Crippen LogP contribution >= 0.6 is 11.6 Å². The van der Waals surface area contributed by atoms with Crippen LogP contribution in [0.1, 0.15) is 38.3 Å². The number of hydrogen-bond acceptors (Lipinski definition) is 3. The fraction of sp³-hybridized carbons (Fsp3) is 0.571. The second-order valence-electron chi connectivity index (χ2n) is 4.29. The van der Waals surface area contributed by atoms with E-state index in [4.69, 9.17) is 26.8 Å². The maximum atomic E-state index is 6.11. The lowest BCUT2D eigenvalue weighted by atomic mass is 10.1. The van der Waals surface area contributed by atoms with Gasteiger partial charge in [-0.3, -0.25) is 0 Å². The monoisotopic (exact) mass is 271 g/mol. The molecular weight excluding hydrogens is 250 g/mol. The SMILES string of the molecule is CCCCOCCOc1ccc(C(C)N)c(Cl)c1. The van der Waals surface area contributed by atoms with E-state index in [2.05, 4.69) is 6.92 Å². The third-order valence-electron chi connectivity index (χ3n) is 2.60. The van der Waals surface area contributed by atoms with E-state index in [1.165, 1.54) is 0 Å². The lowest BCUT2D eigenvalue weighted by molar-refractivity contribution is 0.0980. The molecule has 0 radical (unpaired) electrons. The van der Waals surface area contributed by atoms with Gasteiger partial charge in [0.25, 0.3) is 0 Å². The smallest absolute Gasteiger partial charge is 0.120 e. The molecule has 0 saturated heterocycles. The molecule has 0 aliphatic heterocycles. The standard InChI is InChI=1S/C14H22ClNO2/c1-3-4-7-17-8-9-18-12-5-6-13(11(2)16)14(15)10-12/h5-6,10-11H,3-4,7-9,16H2,1-2H3. The molecule has 2 N–H and O–H groups in total. The van der Waals surface area contributed by atoms with Crippen molar-refractivity contribution in [2.75, 3.05) is 19.8 Å². The fourth-order valence-electron chi connectivity index (χ4n) is 1.53. The summed E-state index contributed by atoms with van der Waals surface area (Å²) in [7, 11) is 0. The fourth-order valence-corrected chi connectivity index (χ4v) is 1.88. The second-order valence-corrected chi connectivity index (χ2v) is 4.69. The number of unbranched alkanes of at least 4 members (excludes halogenated alkanes) is 1. The summed E-state index contributed by atoms with van der Waals surface area (Å²) in [6.07, 6.45) is 2.24. The average Bonchev–Trinajstić information content (AvgIpc) is 2.33. The zero-order valence-electron chi connectivity index (χ0n) is 11.1. The Hall–Kier alpha value is -0.770. The molecule has 1 aromatic rings. The van der Waals surface area contributed by atoms with Gasteiger partial charge in [-0.25, -0.2) is 0 Å². The van der Waals surface area contributed by atoms with Gasteiger partial charge in [0.05, 0.1) is 6.61 Å². The first-order valence-corrected chi connectivity index (χ1v) is 6.78. The first kappa shape index (κ1) is 15.3. The second kappa shape index (κ2) is 8.35. The third-order valence-corrected chi connectivity index (χ3v) is 2.93. The maximum Gasteiger partial charge on any atom is 0.120 e. The van der Waals surface area contributed by atoms with Crippen molar-refractivity contribution in [3.63, 3.8) is 0 Å². The van der Waals surface area contributed by atoms with Crippen molar-refractivity contribution in [3.8, 4) is 5.75 Å². The van der Waals surface area contributed by atoms with Gasteiger partial charge in [-0.2, -0.15) is 0 Å². The van der Waals surface area contributed by atoms with Gasteiger partial charge in [-0.05, 0) is 31.0 Å². The van der Waals surface area contributed by atoms with Gasteiger partial charge in [0.2, 0.25) is 0 Å². The average molecular weight is 272 g/mol. The lowest BCUT2D eigenvalue weighted by Gasteiger charge is -2.11. The molecule has 0 aliphatic carbocycles. The van der Waals surface area contributed by atoms with E-state index in [1.54, 1.807) is 6.07 Å². The van der Waals surface area contributed by atoms with E-state index in [0.29, 0.717) is 18.2 Å². The molecule has 0 amide bonds. The summed E-state index contributed by atoms with van der Waals surface area (Å²) < 4.78 is 11.0. The van der Waals surface area contributed by atoms with Gasteiger partial charge in [0.1, 0.15) is 12.4 Å². The van der Waals surface area contributed by atoms with E-state index in [-0.39, 0.29) is 6.04 Å². The van der Waals surface area contributed by atoms with Gasteiger partial charge in [-0.15, -0.1) is 0 Å². The normalized spacial score (nSPS) is 12.4. The molecule has 0 heterocycles. The molecule has 1 aromatic carbocycles. The Bertz CT molecular complexity index is 356. The van der Waals surface area contributed by atoms with Gasteiger partial charge in [0, 0.05) is 17.7 Å². The topological polar surface area (TPSA) is 44.5 Å². The minimum absolute atomic E-state index is 0.0658. The van der Waals surface area contributed by atoms with Crippen LogP contribution in [0, 0.1) is 0 Å². The molecular formula is C14H22ClNO2. The highest BCUT2D eigenvalue weighted by atomic mass is 35.5. The molecule has 1 unspecified atom stereocenters. The summed E-state index contributed by atoms with van der Waals surface area (Å²) in [5.41, 5.74) is 6.72. The molecule has 0 bridgehead atoms. The molecule has 0 fully saturated rings. The Morgan fingerprint density at radius 2 is 2.06 bits per heavy atom. The van der Waals surface area contributed by atoms with Crippen LogP contribution < -0.4 is 10.5 Å². The highest BCUT2D eigenvalue weighted by Crippen LogP contribution is 2.26. The first-order valence-electron chi connectivity index (χ1n) is 6.40. The maximum absolute atomic E-state index is 6.11. The predicted molar refractivity (Wildman–Crippen MR) is 75.3 cm³/mol. The number of rotatable bonds is 8. The highest BCUT2D eigenvalue weighted by molar-refractivity contribution is 6.31. The van der Waals surface area contributed by atoms with Crippen molar-refractivity contribution in [1.82, 2.24) is 0 Å². The van der Waals surface area contributed by atoms with Gasteiger partial charge in [0.15, 0.2) is 0 Å². The number of halogens is 1. The Labute approximate surface area is 114 Å². The molecule has 102 valence electrons. The molecule has 4 heteroatoms. The molecule has 0 aliphatic rings. The van der Waals surface area contributed by atoms with Crippen molar-refractivity contribution in [3.05, 3.63) is 28.8 Å². The van der Waals surface area contributed by atoms with Gasteiger partial charge >= 0.3 is 0 Å². The zero-order valence-corrected chi connectivity index (χ0v) is 11.9. The van der Waals surface area contributed by atoms with Crippen molar-refractivity contribution in [2.45, 2.75) is 32.7 Å². The summed E-state index contributed by atoms with van der Waals surface area (Å²) in [5.74, 6) is 0.753.